The Morgan fingerprint density at radius 1 is 1.35 bits per heavy atom. The second kappa shape index (κ2) is 5.77. The van der Waals surface area contributed by atoms with Crippen LogP contribution in [-0.4, -0.2) is 46.6 Å². The summed E-state index contributed by atoms with van der Waals surface area (Å²) in [5.41, 5.74) is -0.469. The third-order valence-corrected chi connectivity index (χ3v) is 3.59. The Bertz CT molecular complexity index is 484. The largest absolute Gasteiger partial charge is 0.460 e. The minimum atomic E-state index is -0.469. The van der Waals surface area contributed by atoms with Crippen molar-refractivity contribution in [3.05, 3.63) is 22.7 Å². The van der Waals surface area contributed by atoms with Crippen LogP contribution in [0, 0.1) is 5.92 Å². The molecule has 0 spiro atoms. The van der Waals surface area contributed by atoms with Crippen molar-refractivity contribution in [2.45, 2.75) is 32.3 Å². The van der Waals surface area contributed by atoms with Crippen LogP contribution in [0.1, 0.15) is 32.5 Å². The van der Waals surface area contributed by atoms with Crippen molar-refractivity contribution in [3.63, 3.8) is 0 Å². The van der Waals surface area contributed by atoms with Crippen LogP contribution in [0.15, 0.2) is 16.9 Å². The predicted octanol–water partition coefficient (Wildman–Crippen LogP) is 2.23. The van der Waals surface area contributed by atoms with Crippen molar-refractivity contribution in [2.24, 2.45) is 5.92 Å². The highest BCUT2D eigenvalue weighted by atomic mass is 79.9. The average molecular weight is 342 g/mol. The van der Waals surface area contributed by atoms with Gasteiger partial charge in [0.1, 0.15) is 11.4 Å². The van der Waals surface area contributed by atoms with Gasteiger partial charge in [0.05, 0.1) is 10.4 Å². The Morgan fingerprint density at radius 2 is 1.95 bits per heavy atom. The molecule has 110 valence electrons. The summed E-state index contributed by atoms with van der Waals surface area (Å²) in [6, 6.07) is 0. The van der Waals surface area contributed by atoms with Gasteiger partial charge in [0.15, 0.2) is 0 Å². The SMILES string of the molecule is CN1CC(C(=O)OC(C)(C)C)C(c2ncc(Br)cn2)C1. The van der Waals surface area contributed by atoms with Crippen molar-refractivity contribution >= 4 is 21.9 Å². The fraction of sp³-hybridized carbons (Fsp3) is 0.643. The highest BCUT2D eigenvalue weighted by Gasteiger charge is 2.40. The second-order valence-corrected chi connectivity index (χ2v) is 7.14. The van der Waals surface area contributed by atoms with E-state index in [-0.39, 0.29) is 17.8 Å². The van der Waals surface area contributed by atoms with Crippen molar-refractivity contribution in [2.75, 3.05) is 20.1 Å². The Labute approximate surface area is 127 Å². The van der Waals surface area contributed by atoms with E-state index in [2.05, 4.69) is 30.8 Å². The lowest BCUT2D eigenvalue weighted by Gasteiger charge is -2.24. The Balaban J connectivity index is 2.18. The highest BCUT2D eigenvalue weighted by molar-refractivity contribution is 9.10. The third-order valence-electron chi connectivity index (χ3n) is 3.18. The molecular weight excluding hydrogens is 322 g/mol. The van der Waals surface area contributed by atoms with Gasteiger partial charge in [-0.3, -0.25) is 4.79 Å². The maximum atomic E-state index is 12.3. The van der Waals surface area contributed by atoms with Crippen molar-refractivity contribution in [1.29, 1.82) is 0 Å². The van der Waals surface area contributed by atoms with E-state index < -0.39 is 5.60 Å². The lowest BCUT2D eigenvalue weighted by atomic mass is 9.95. The summed E-state index contributed by atoms with van der Waals surface area (Å²) in [5.74, 6) is 0.315. The molecule has 2 atom stereocenters. The van der Waals surface area contributed by atoms with Crippen LogP contribution >= 0.6 is 15.9 Å². The van der Waals surface area contributed by atoms with E-state index >= 15 is 0 Å². The molecule has 0 bridgehead atoms. The van der Waals surface area contributed by atoms with Gasteiger partial charge in [-0.25, -0.2) is 9.97 Å². The number of halogens is 1. The first-order valence-corrected chi connectivity index (χ1v) is 7.44. The number of rotatable bonds is 2. The van der Waals surface area contributed by atoms with Gasteiger partial charge in [-0.05, 0) is 43.7 Å². The van der Waals surface area contributed by atoms with E-state index in [4.69, 9.17) is 4.74 Å². The molecule has 1 aliphatic rings. The molecule has 1 aromatic rings. The number of nitrogens with zero attached hydrogens (tertiary/aromatic N) is 3. The first kappa shape index (κ1) is 15.4. The van der Waals surface area contributed by atoms with E-state index in [1.165, 1.54) is 0 Å². The Hall–Kier alpha value is -1.01. The van der Waals surface area contributed by atoms with Crippen LogP contribution in [0.2, 0.25) is 0 Å². The molecule has 2 unspecified atom stereocenters. The molecule has 6 heteroatoms. The first-order chi connectivity index (χ1) is 9.26. The van der Waals surface area contributed by atoms with Gasteiger partial charge in [-0.1, -0.05) is 0 Å². The normalized spacial score (nSPS) is 23.9. The van der Waals surface area contributed by atoms with Gasteiger partial charge in [0, 0.05) is 31.4 Å². The van der Waals surface area contributed by atoms with Gasteiger partial charge in [-0.15, -0.1) is 0 Å². The summed E-state index contributed by atoms with van der Waals surface area (Å²) in [4.78, 5) is 23.1. The van der Waals surface area contributed by atoms with Crippen LogP contribution in [0.25, 0.3) is 0 Å². The summed E-state index contributed by atoms with van der Waals surface area (Å²) in [6.07, 6.45) is 3.43. The fourth-order valence-corrected chi connectivity index (χ4v) is 2.60. The molecule has 0 aliphatic carbocycles. The number of hydrogen-bond donors (Lipinski definition) is 0. The van der Waals surface area contributed by atoms with E-state index in [9.17, 15) is 4.79 Å². The number of hydrogen-bond acceptors (Lipinski definition) is 5. The number of esters is 1. The first-order valence-electron chi connectivity index (χ1n) is 6.65. The Kier molecular flexibility index (Phi) is 4.44. The van der Waals surface area contributed by atoms with Gasteiger partial charge < -0.3 is 9.64 Å². The fourth-order valence-electron chi connectivity index (χ4n) is 2.39. The maximum Gasteiger partial charge on any atom is 0.311 e. The predicted molar refractivity (Wildman–Crippen MR) is 79.3 cm³/mol. The molecule has 0 radical (unpaired) electrons. The lowest BCUT2D eigenvalue weighted by Crippen LogP contribution is -2.32. The van der Waals surface area contributed by atoms with Crippen molar-refractivity contribution in [1.82, 2.24) is 14.9 Å². The van der Waals surface area contributed by atoms with Crippen molar-refractivity contribution < 1.29 is 9.53 Å². The molecule has 1 aromatic heterocycles. The molecule has 20 heavy (non-hydrogen) atoms. The number of likely N-dealkylation sites (N-methyl/N-ethyl adjacent to an activating group) is 1. The molecule has 1 aliphatic heterocycles. The van der Waals surface area contributed by atoms with Gasteiger partial charge >= 0.3 is 5.97 Å². The van der Waals surface area contributed by atoms with Crippen LogP contribution in [0.5, 0.6) is 0 Å². The third kappa shape index (κ3) is 3.76. The molecule has 5 nitrogen and oxygen atoms in total. The standard InChI is InChI=1S/C14H20BrN3O2/c1-14(2,3)20-13(19)11-8-18(4)7-10(11)12-16-5-9(15)6-17-12/h5-6,10-11H,7-8H2,1-4H3. The molecule has 0 aromatic carbocycles. The van der Waals surface area contributed by atoms with Crippen LogP contribution in [0.3, 0.4) is 0 Å². The zero-order valence-corrected chi connectivity index (χ0v) is 13.8. The topological polar surface area (TPSA) is 55.3 Å². The summed E-state index contributed by atoms with van der Waals surface area (Å²) >= 11 is 3.32. The molecule has 0 amide bonds. The Morgan fingerprint density at radius 3 is 2.50 bits per heavy atom. The van der Waals surface area contributed by atoms with Gasteiger partial charge in [0.2, 0.25) is 0 Å². The molecular formula is C14H20BrN3O2. The molecule has 1 fully saturated rings. The molecule has 0 saturated carbocycles. The van der Waals surface area contributed by atoms with Crippen LogP contribution in [0.4, 0.5) is 0 Å². The van der Waals surface area contributed by atoms with Gasteiger partial charge in [0.25, 0.3) is 0 Å². The quantitative estimate of drug-likeness (QED) is 0.772. The molecule has 1 saturated heterocycles. The minimum absolute atomic E-state index is 0.0112. The number of carbonyl (C=O) groups is 1. The van der Waals surface area contributed by atoms with E-state index in [1.807, 2.05) is 27.8 Å². The highest BCUT2D eigenvalue weighted by Crippen LogP contribution is 2.32. The van der Waals surface area contributed by atoms with Crippen LogP contribution < -0.4 is 0 Å². The summed E-state index contributed by atoms with van der Waals surface area (Å²) in [5, 5.41) is 0. The zero-order valence-electron chi connectivity index (χ0n) is 12.3. The molecule has 2 heterocycles. The van der Waals surface area contributed by atoms with Crippen molar-refractivity contribution in [3.8, 4) is 0 Å². The minimum Gasteiger partial charge on any atom is -0.460 e. The van der Waals surface area contributed by atoms with E-state index in [0.29, 0.717) is 12.4 Å². The lowest BCUT2D eigenvalue weighted by molar-refractivity contribution is -0.160. The van der Waals surface area contributed by atoms with E-state index in [0.717, 1.165) is 11.0 Å². The number of aromatic nitrogens is 2. The summed E-state index contributed by atoms with van der Waals surface area (Å²) in [6.45, 7) is 7.10. The molecule has 0 N–H and O–H groups in total. The number of ether oxygens (including phenoxy) is 1. The number of likely N-dealkylation sites (tertiary alicyclic amines) is 1. The zero-order chi connectivity index (χ0) is 14.9. The van der Waals surface area contributed by atoms with Crippen LogP contribution in [-0.2, 0) is 9.53 Å². The second-order valence-electron chi connectivity index (χ2n) is 6.23. The average Bonchev–Trinajstić information content (AvgIpc) is 2.70. The summed E-state index contributed by atoms with van der Waals surface area (Å²) in [7, 11) is 2.00. The number of carbonyl (C=O) groups excluding carboxylic acids is 1. The monoisotopic (exact) mass is 341 g/mol. The molecule has 2 rings (SSSR count). The summed E-state index contributed by atoms with van der Waals surface area (Å²) < 4.78 is 6.35. The van der Waals surface area contributed by atoms with Gasteiger partial charge in [-0.2, -0.15) is 0 Å². The maximum absolute atomic E-state index is 12.3. The smallest absolute Gasteiger partial charge is 0.311 e. The van der Waals surface area contributed by atoms with E-state index in [1.54, 1.807) is 12.4 Å².